The van der Waals surface area contributed by atoms with Crippen LogP contribution in [-0.2, 0) is 15.7 Å². The number of nitrogens with one attached hydrogen (secondary N) is 1. The summed E-state index contributed by atoms with van der Waals surface area (Å²) in [5.41, 5.74) is 0.688. The van der Waals surface area contributed by atoms with Gasteiger partial charge in [-0.1, -0.05) is 64.1 Å². The summed E-state index contributed by atoms with van der Waals surface area (Å²) in [6.45, 7) is 7.66. The minimum Gasteiger partial charge on any atom is -0.319 e. The summed E-state index contributed by atoms with van der Waals surface area (Å²) in [7, 11) is 0. The molecule has 0 aliphatic carbocycles. The van der Waals surface area contributed by atoms with Crippen molar-refractivity contribution in [3.8, 4) is 0 Å². The van der Waals surface area contributed by atoms with Gasteiger partial charge in [-0.05, 0) is 35.1 Å². The van der Waals surface area contributed by atoms with Gasteiger partial charge >= 0.3 is 6.03 Å². The van der Waals surface area contributed by atoms with Gasteiger partial charge in [0.15, 0.2) is 5.78 Å². The van der Waals surface area contributed by atoms with Crippen LogP contribution in [0.1, 0.15) is 55.6 Å². The zero-order chi connectivity index (χ0) is 21.4. The van der Waals surface area contributed by atoms with Crippen molar-refractivity contribution in [2.24, 2.45) is 0 Å². The van der Waals surface area contributed by atoms with Gasteiger partial charge in [0.25, 0.3) is 5.91 Å². The van der Waals surface area contributed by atoms with Crippen molar-refractivity contribution < 1.29 is 18.8 Å². The van der Waals surface area contributed by atoms with Gasteiger partial charge in [0.2, 0.25) is 0 Å². The molecule has 1 saturated heterocycles. The van der Waals surface area contributed by atoms with E-state index in [1.807, 2.05) is 12.1 Å². The number of carbonyl (C=O) groups excluding carboxylic acids is 3. The quantitative estimate of drug-likeness (QED) is 0.610. The number of nitrogens with zero attached hydrogens (tertiary/aromatic N) is 1. The number of rotatable bonds is 5. The lowest BCUT2D eigenvalue weighted by Gasteiger charge is -2.25. The van der Waals surface area contributed by atoms with Gasteiger partial charge in [-0.15, -0.1) is 0 Å². The molecule has 1 aliphatic heterocycles. The van der Waals surface area contributed by atoms with Crippen LogP contribution in [0.3, 0.4) is 0 Å². The van der Waals surface area contributed by atoms with Crippen molar-refractivity contribution >= 4 is 17.7 Å². The molecule has 0 bridgehead atoms. The van der Waals surface area contributed by atoms with Crippen molar-refractivity contribution in [3.05, 3.63) is 71.0 Å². The topological polar surface area (TPSA) is 66.5 Å². The van der Waals surface area contributed by atoms with Crippen molar-refractivity contribution in [1.82, 2.24) is 10.2 Å². The molecule has 1 heterocycles. The van der Waals surface area contributed by atoms with Gasteiger partial charge in [0.1, 0.15) is 11.4 Å². The van der Waals surface area contributed by atoms with Gasteiger partial charge in [-0.2, -0.15) is 0 Å². The summed E-state index contributed by atoms with van der Waals surface area (Å²) in [6.07, 6.45) is 0.286. The number of hydrogen-bond acceptors (Lipinski definition) is 3. The summed E-state index contributed by atoms with van der Waals surface area (Å²) in [4.78, 5) is 39.3. The maximum absolute atomic E-state index is 13.3. The highest BCUT2D eigenvalue weighted by Crippen LogP contribution is 2.32. The van der Waals surface area contributed by atoms with Crippen molar-refractivity contribution in [2.75, 3.05) is 6.54 Å². The molecular weight excluding hydrogens is 371 g/mol. The fourth-order valence-electron chi connectivity index (χ4n) is 3.53. The Labute approximate surface area is 169 Å². The molecule has 0 spiro atoms. The molecule has 2 aromatic rings. The monoisotopic (exact) mass is 396 g/mol. The second-order valence-electron chi connectivity index (χ2n) is 8.34. The fourth-order valence-corrected chi connectivity index (χ4v) is 3.53. The van der Waals surface area contributed by atoms with E-state index in [9.17, 15) is 18.8 Å². The molecule has 3 amide bonds. The van der Waals surface area contributed by atoms with Crippen LogP contribution in [0.15, 0.2) is 48.5 Å². The van der Waals surface area contributed by atoms with Gasteiger partial charge in [0, 0.05) is 5.56 Å². The zero-order valence-electron chi connectivity index (χ0n) is 17.1. The second-order valence-corrected chi connectivity index (χ2v) is 8.34. The lowest BCUT2D eigenvalue weighted by atomic mass is 9.86. The van der Waals surface area contributed by atoms with Crippen molar-refractivity contribution in [2.45, 2.75) is 45.1 Å². The Balaban J connectivity index is 1.82. The van der Waals surface area contributed by atoms with E-state index in [-0.39, 0.29) is 24.2 Å². The van der Waals surface area contributed by atoms with E-state index in [2.05, 4.69) is 26.1 Å². The minimum absolute atomic E-state index is 0.0394. The fraction of sp³-hybridized carbons (Fsp3) is 0.348. The minimum atomic E-state index is -1.29. The Hall–Kier alpha value is -3.02. The Bertz CT molecular complexity index is 946. The lowest BCUT2D eigenvalue weighted by Crippen LogP contribution is -2.43. The lowest BCUT2D eigenvalue weighted by molar-refractivity contribution is -0.131. The Kier molecular flexibility index (Phi) is 5.30. The molecule has 0 radical (unpaired) electrons. The number of hydrogen-bond donors (Lipinski definition) is 1. The first kappa shape index (κ1) is 20.7. The molecule has 0 aromatic heterocycles. The summed E-state index contributed by atoms with van der Waals surface area (Å²) < 4.78 is 13.3. The van der Waals surface area contributed by atoms with Crippen molar-refractivity contribution in [1.29, 1.82) is 0 Å². The van der Waals surface area contributed by atoms with E-state index < -0.39 is 23.3 Å². The van der Waals surface area contributed by atoms with E-state index in [1.54, 1.807) is 19.1 Å². The summed E-state index contributed by atoms with van der Waals surface area (Å²) in [5.74, 6) is -1.25. The van der Waals surface area contributed by atoms with Crippen LogP contribution < -0.4 is 5.32 Å². The number of Topliss-reactive ketones (excluding diaryl/α,β-unsaturated/α-hetero) is 1. The normalized spacial score (nSPS) is 19.4. The zero-order valence-corrected chi connectivity index (χ0v) is 17.1. The average Bonchev–Trinajstić information content (AvgIpc) is 2.93. The molecule has 0 unspecified atom stereocenters. The maximum Gasteiger partial charge on any atom is 0.325 e. The summed E-state index contributed by atoms with van der Waals surface area (Å²) in [5, 5.41) is 2.70. The molecule has 3 rings (SSSR count). The van der Waals surface area contributed by atoms with Crippen LogP contribution >= 0.6 is 0 Å². The molecular formula is C23H25FN2O3. The third-order valence-corrected chi connectivity index (χ3v) is 5.42. The van der Waals surface area contributed by atoms with Crippen LogP contribution in [0.25, 0.3) is 0 Å². The van der Waals surface area contributed by atoms with Crippen LogP contribution in [0.4, 0.5) is 9.18 Å². The first-order chi connectivity index (χ1) is 13.6. The Morgan fingerprint density at radius 1 is 1.03 bits per heavy atom. The number of halogens is 1. The second kappa shape index (κ2) is 7.43. The van der Waals surface area contributed by atoms with Crippen LogP contribution in [-0.4, -0.2) is 29.2 Å². The smallest absolute Gasteiger partial charge is 0.319 e. The van der Waals surface area contributed by atoms with E-state index >= 15 is 0 Å². The predicted octanol–water partition coefficient (Wildman–Crippen LogP) is 4.16. The van der Waals surface area contributed by atoms with Crippen molar-refractivity contribution in [3.63, 3.8) is 0 Å². The van der Waals surface area contributed by atoms with Crippen LogP contribution in [0.5, 0.6) is 0 Å². The summed E-state index contributed by atoms with van der Waals surface area (Å²) in [6, 6.07) is 12.0. The highest BCUT2D eigenvalue weighted by atomic mass is 19.1. The van der Waals surface area contributed by atoms with Gasteiger partial charge in [0.05, 0.1) is 6.54 Å². The number of carbonyl (C=O) groups is 3. The average molecular weight is 396 g/mol. The molecule has 5 nitrogen and oxygen atoms in total. The Morgan fingerprint density at radius 2 is 1.62 bits per heavy atom. The molecule has 1 atom stereocenters. The van der Waals surface area contributed by atoms with E-state index in [0.29, 0.717) is 11.1 Å². The van der Waals surface area contributed by atoms with Gasteiger partial charge < -0.3 is 5.32 Å². The molecule has 6 heteroatoms. The third kappa shape index (κ3) is 3.79. The first-order valence-corrected chi connectivity index (χ1v) is 9.62. The third-order valence-electron chi connectivity index (χ3n) is 5.42. The predicted molar refractivity (Wildman–Crippen MR) is 108 cm³/mol. The van der Waals surface area contributed by atoms with Gasteiger partial charge in [-0.3, -0.25) is 14.5 Å². The van der Waals surface area contributed by atoms with E-state index in [4.69, 9.17) is 0 Å². The number of benzene rings is 2. The maximum atomic E-state index is 13.3. The number of ketones is 1. The number of urea groups is 1. The van der Waals surface area contributed by atoms with Gasteiger partial charge in [-0.25, -0.2) is 9.18 Å². The largest absolute Gasteiger partial charge is 0.325 e. The van der Waals surface area contributed by atoms with Crippen LogP contribution in [0, 0.1) is 5.82 Å². The van der Waals surface area contributed by atoms with E-state index in [1.165, 1.54) is 24.3 Å². The van der Waals surface area contributed by atoms with Crippen LogP contribution in [0.2, 0.25) is 0 Å². The molecule has 1 fully saturated rings. The molecule has 1 aliphatic rings. The SMILES string of the molecule is CC[C@@]1(c2ccc(F)cc2)NC(=O)N(CC(=O)c2ccc(C(C)(C)C)cc2)C1=O. The number of imide groups is 1. The highest BCUT2D eigenvalue weighted by molar-refractivity contribution is 6.11. The van der Waals surface area contributed by atoms with E-state index in [0.717, 1.165) is 10.5 Å². The molecule has 1 N–H and O–H groups in total. The Morgan fingerprint density at radius 3 is 2.14 bits per heavy atom. The molecule has 0 saturated carbocycles. The molecule has 2 aromatic carbocycles. The first-order valence-electron chi connectivity index (χ1n) is 9.62. The standard InChI is InChI=1S/C23H25FN2O3/c1-5-23(17-10-12-18(24)13-11-17)20(28)26(21(29)25-23)14-19(27)15-6-8-16(9-7-15)22(2,3)4/h6-13H,5,14H2,1-4H3,(H,25,29)/t23-/m0/s1. The number of amides is 3. The summed E-state index contributed by atoms with van der Waals surface area (Å²) >= 11 is 0. The highest BCUT2D eigenvalue weighted by Gasteiger charge is 2.51. The molecule has 152 valence electrons. The molecule has 29 heavy (non-hydrogen) atoms.